The average Bonchev–Trinajstić information content (AvgIpc) is 2.59. The Labute approximate surface area is 141 Å². The number of amides is 1. The predicted molar refractivity (Wildman–Crippen MR) is 84.8 cm³/mol. The fourth-order valence-electron chi connectivity index (χ4n) is 1.89. The summed E-state index contributed by atoms with van der Waals surface area (Å²) in [6.07, 6.45) is -0.0946. The number of hydrogen-bond acceptors (Lipinski definition) is 4. The molecular weight excluding hydrogens is 333 g/mol. The van der Waals surface area contributed by atoms with Crippen molar-refractivity contribution in [1.82, 2.24) is 10.3 Å². The van der Waals surface area contributed by atoms with Crippen LogP contribution < -0.4 is 10.6 Å². The van der Waals surface area contributed by atoms with E-state index in [1.807, 2.05) is 0 Å². The Hall–Kier alpha value is -3.34. The summed E-state index contributed by atoms with van der Waals surface area (Å²) in [6.45, 7) is 0.366. The molecule has 5 nitrogen and oxygen atoms in total. The second kappa shape index (κ2) is 7.97. The van der Waals surface area contributed by atoms with Crippen LogP contribution in [0.3, 0.4) is 0 Å². The Morgan fingerprint density at radius 2 is 1.96 bits per heavy atom. The van der Waals surface area contributed by atoms with Crippen LogP contribution in [-0.2, 0) is 17.5 Å². The van der Waals surface area contributed by atoms with Gasteiger partial charge < -0.3 is 10.6 Å². The van der Waals surface area contributed by atoms with Crippen molar-refractivity contribution in [2.24, 2.45) is 0 Å². The lowest BCUT2D eigenvalue weighted by atomic mass is 10.2. The summed E-state index contributed by atoms with van der Waals surface area (Å²) in [7, 11) is 0. The Bertz CT molecular complexity index is 811. The maximum absolute atomic E-state index is 12.7. The van der Waals surface area contributed by atoms with Gasteiger partial charge in [0.05, 0.1) is 5.56 Å². The van der Waals surface area contributed by atoms with Crippen molar-refractivity contribution in [1.29, 1.82) is 5.26 Å². The number of nitrogens with zero attached hydrogens (tertiary/aromatic N) is 2. The van der Waals surface area contributed by atoms with Gasteiger partial charge in [0, 0.05) is 30.8 Å². The molecule has 0 bridgehead atoms. The van der Waals surface area contributed by atoms with Gasteiger partial charge in [-0.1, -0.05) is 6.07 Å². The summed E-state index contributed by atoms with van der Waals surface area (Å²) >= 11 is 0. The summed E-state index contributed by atoms with van der Waals surface area (Å²) in [6, 6.07) is 9.41. The third kappa shape index (κ3) is 5.35. The van der Waals surface area contributed by atoms with E-state index in [2.05, 4.69) is 15.6 Å². The first-order valence-corrected chi connectivity index (χ1v) is 7.11. The van der Waals surface area contributed by atoms with Gasteiger partial charge in [0.15, 0.2) is 0 Å². The first-order chi connectivity index (χ1) is 11.9. The molecule has 0 unspecified atom stereocenters. The van der Waals surface area contributed by atoms with Gasteiger partial charge in [-0.15, -0.1) is 0 Å². The molecule has 1 aromatic carbocycles. The summed E-state index contributed by atoms with van der Waals surface area (Å²) in [5.74, 6) is -0.802. The number of halogens is 3. The molecule has 0 saturated heterocycles. The molecule has 2 N–H and O–H groups in total. The number of hydrogen-bond donors (Lipinski definition) is 2. The molecule has 0 saturated carbocycles. The third-order valence-electron chi connectivity index (χ3n) is 3.11. The summed E-state index contributed by atoms with van der Waals surface area (Å²) in [5.41, 5.74) is -0.299. The third-order valence-corrected chi connectivity index (χ3v) is 3.11. The van der Waals surface area contributed by atoms with Gasteiger partial charge in [-0.3, -0.25) is 9.78 Å². The molecule has 0 fully saturated rings. The number of anilines is 1. The zero-order valence-corrected chi connectivity index (χ0v) is 12.8. The molecule has 128 valence electrons. The second-order valence-corrected chi connectivity index (χ2v) is 4.94. The van der Waals surface area contributed by atoms with Crippen LogP contribution >= 0.6 is 0 Å². The van der Waals surface area contributed by atoms with Crippen molar-refractivity contribution in [3.63, 3.8) is 0 Å². The van der Waals surface area contributed by atoms with Crippen LogP contribution in [0.1, 0.15) is 11.1 Å². The molecule has 25 heavy (non-hydrogen) atoms. The fraction of sp³-hybridized carbons (Fsp3) is 0.118. The minimum Gasteiger partial charge on any atom is -0.386 e. The van der Waals surface area contributed by atoms with Crippen molar-refractivity contribution < 1.29 is 18.0 Å². The maximum Gasteiger partial charge on any atom is 0.416 e. The molecule has 1 amide bonds. The number of nitriles is 1. The highest BCUT2D eigenvalue weighted by atomic mass is 19.4. The van der Waals surface area contributed by atoms with E-state index in [0.29, 0.717) is 6.54 Å². The van der Waals surface area contributed by atoms with Crippen LogP contribution in [0.15, 0.2) is 60.6 Å². The van der Waals surface area contributed by atoms with E-state index in [9.17, 15) is 18.0 Å². The number of carbonyl (C=O) groups excluding carboxylic acids is 1. The molecule has 0 aliphatic carbocycles. The highest BCUT2D eigenvalue weighted by molar-refractivity contribution is 6.06. The Balaban J connectivity index is 2.03. The van der Waals surface area contributed by atoms with Crippen molar-refractivity contribution in [3.8, 4) is 6.07 Å². The Kier molecular flexibility index (Phi) is 5.74. The van der Waals surface area contributed by atoms with E-state index in [1.165, 1.54) is 18.3 Å². The number of aromatic nitrogens is 1. The standard InChI is InChI=1S/C17H13F3N4O/c18-17(19,20)14-2-1-3-15(8-14)24-16(25)13(9-21)11-23-10-12-4-6-22-7-5-12/h1-8,11,23H,10H2,(H,24,25)/b13-11-. The predicted octanol–water partition coefficient (Wildman–Crippen LogP) is 3.24. The van der Waals surface area contributed by atoms with E-state index < -0.39 is 17.6 Å². The number of rotatable bonds is 5. The lowest BCUT2D eigenvalue weighted by molar-refractivity contribution is -0.137. The minimum absolute atomic E-state index is 0.0462. The van der Waals surface area contributed by atoms with Crippen LogP contribution in [0.4, 0.5) is 18.9 Å². The number of benzene rings is 1. The lowest BCUT2D eigenvalue weighted by Crippen LogP contribution is -2.17. The monoisotopic (exact) mass is 346 g/mol. The minimum atomic E-state index is -4.51. The van der Waals surface area contributed by atoms with Gasteiger partial charge >= 0.3 is 6.18 Å². The average molecular weight is 346 g/mol. The molecular formula is C17H13F3N4O. The maximum atomic E-state index is 12.7. The molecule has 1 aromatic heterocycles. The van der Waals surface area contributed by atoms with Crippen molar-refractivity contribution in [2.75, 3.05) is 5.32 Å². The molecule has 0 spiro atoms. The van der Waals surface area contributed by atoms with Crippen LogP contribution in [0.2, 0.25) is 0 Å². The van der Waals surface area contributed by atoms with Crippen molar-refractivity contribution in [2.45, 2.75) is 12.7 Å². The smallest absolute Gasteiger partial charge is 0.386 e. The SMILES string of the molecule is N#C/C(=C/NCc1ccncc1)C(=O)Nc1cccc(C(F)(F)F)c1. The second-order valence-electron chi connectivity index (χ2n) is 4.94. The molecule has 0 atom stereocenters. The normalized spacial score (nSPS) is 11.5. The Morgan fingerprint density at radius 1 is 1.24 bits per heavy atom. The van der Waals surface area contributed by atoms with E-state index in [4.69, 9.17) is 5.26 Å². The molecule has 2 rings (SSSR count). The van der Waals surface area contributed by atoms with Crippen molar-refractivity contribution >= 4 is 11.6 Å². The van der Waals surface area contributed by atoms with E-state index >= 15 is 0 Å². The molecule has 0 aliphatic rings. The van der Waals surface area contributed by atoms with E-state index in [1.54, 1.807) is 30.6 Å². The van der Waals surface area contributed by atoms with Gasteiger partial charge in [0.2, 0.25) is 0 Å². The molecule has 0 aliphatic heterocycles. The number of carbonyl (C=O) groups is 1. The quantitative estimate of drug-likeness (QED) is 0.644. The van der Waals surface area contributed by atoms with Crippen LogP contribution in [0.5, 0.6) is 0 Å². The largest absolute Gasteiger partial charge is 0.416 e. The van der Waals surface area contributed by atoms with Crippen molar-refractivity contribution in [3.05, 3.63) is 71.7 Å². The van der Waals surface area contributed by atoms with E-state index in [-0.39, 0.29) is 11.3 Å². The van der Waals surface area contributed by atoms with Crippen LogP contribution in [0, 0.1) is 11.3 Å². The number of nitrogens with one attached hydrogen (secondary N) is 2. The highest BCUT2D eigenvalue weighted by Crippen LogP contribution is 2.30. The van der Waals surface area contributed by atoms with Gasteiger partial charge in [-0.25, -0.2) is 0 Å². The zero-order valence-electron chi connectivity index (χ0n) is 12.8. The summed E-state index contributed by atoms with van der Waals surface area (Å²) in [4.78, 5) is 15.9. The van der Waals surface area contributed by atoms with Gasteiger partial charge in [0.1, 0.15) is 11.6 Å². The van der Waals surface area contributed by atoms with Gasteiger partial charge in [-0.05, 0) is 35.9 Å². The topological polar surface area (TPSA) is 77.8 Å². The summed E-state index contributed by atoms with van der Waals surface area (Å²) < 4.78 is 38.0. The molecule has 8 heteroatoms. The first-order valence-electron chi connectivity index (χ1n) is 7.11. The first kappa shape index (κ1) is 18.0. The number of alkyl halides is 3. The number of pyridine rings is 1. The molecule has 1 heterocycles. The lowest BCUT2D eigenvalue weighted by Gasteiger charge is -2.09. The Morgan fingerprint density at radius 3 is 2.60 bits per heavy atom. The summed E-state index contributed by atoms with van der Waals surface area (Å²) in [5, 5.41) is 14.1. The molecule has 2 aromatic rings. The van der Waals surface area contributed by atoms with Gasteiger partial charge in [0.25, 0.3) is 5.91 Å². The zero-order chi connectivity index (χ0) is 18.3. The fourth-order valence-corrected chi connectivity index (χ4v) is 1.89. The molecule has 0 radical (unpaired) electrons. The van der Waals surface area contributed by atoms with E-state index in [0.717, 1.165) is 17.7 Å². The highest BCUT2D eigenvalue weighted by Gasteiger charge is 2.30. The van der Waals surface area contributed by atoms with Crippen LogP contribution in [0.25, 0.3) is 0 Å². The van der Waals surface area contributed by atoms with Crippen LogP contribution in [-0.4, -0.2) is 10.9 Å². The van der Waals surface area contributed by atoms with Gasteiger partial charge in [-0.2, -0.15) is 18.4 Å².